The van der Waals surface area contributed by atoms with Crippen molar-refractivity contribution in [2.75, 3.05) is 32.1 Å². The molecule has 4 nitrogen and oxygen atoms in total. The molecule has 0 radical (unpaired) electrons. The number of rotatable bonds is 5. The van der Waals surface area contributed by atoms with Crippen LogP contribution in [0.1, 0.15) is 32.3 Å². The third-order valence-corrected chi connectivity index (χ3v) is 5.84. The second-order valence-corrected chi connectivity index (χ2v) is 7.84. The Labute approximate surface area is 151 Å². The maximum Gasteiger partial charge on any atom is 0.251 e. The Morgan fingerprint density at radius 1 is 1.32 bits per heavy atom. The number of allylic oxidation sites excluding steroid dienone is 1. The van der Waals surface area contributed by atoms with Crippen molar-refractivity contribution in [3.8, 4) is 0 Å². The lowest BCUT2D eigenvalue weighted by molar-refractivity contribution is -0.115. The van der Waals surface area contributed by atoms with Gasteiger partial charge in [-0.15, -0.1) is 0 Å². The Bertz CT molecular complexity index is 652. The Morgan fingerprint density at radius 3 is 2.80 bits per heavy atom. The third-order valence-electron chi connectivity index (χ3n) is 5.84. The van der Waals surface area contributed by atoms with Crippen LogP contribution in [0, 0.1) is 17.8 Å². The van der Waals surface area contributed by atoms with Crippen LogP contribution < -0.4 is 15.5 Å². The summed E-state index contributed by atoms with van der Waals surface area (Å²) < 4.78 is 0. The second kappa shape index (κ2) is 7.61. The fraction of sp³-hybridized carbons (Fsp3) is 0.571. The van der Waals surface area contributed by atoms with Crippen LogP contribution in [0.5, 0.6) is 0 Å². The van der Waals surface area contributed by atoms with E-state index in [0.717, 1.165) is 41.1 Å². The van der Waals surface area contributed by atoms with E-state index in [4.69, 9.17) is 0 Å². The normalized spacial score (nSPS) is 28.7. The number of fused-ring (bicyclic) bond motifs is 1. The zero-order valence-electron chi connectivity index (χ0n) is 15.9. The van der Waals surface area contributed by atoms with E-state index < -0.39 is 0 Å². The highest BCUT2D eigenvalue weighted by atomic mass is 16.1. The van der Waals surface area contributed by atoms with Gasteiger partial charge >= 0.3 is 0 Å². The van der Waals surface area contributed by atoms with Gasteiger partial charge in [0.15, 0.2) is 0 Å². The van der Waals surface area contributed by atoms with Crippen molar-refractivity contribution in [1.29, 1.82) is 0 Å². The van der Waals surface area contributed by atoms with Crippen molar-refractivity contribution in [2.45, 2.75) is 32.7 Å². The van der Waals surface area contributed by atoms with Gasteiger partial charge in [-0.3, -0.25) is 4.79 Å². The van der Waals surface area contributed by atoms with Crippen LogP contribution in [-0.4, -0.2) is 39.1 Å². The zero-order valence-corrected chi connectivity index (χ0v) is 15.9. The molecule has 0 spiro atoms. The minimum Gasteiger partial charge on any atom is -0.377 e. The summed E-state index contributed by atoms with van der Waals surface area (Å²) in [4.78, 5) is 14.9. The molecular weight excluding hydrogens is 310 g/mol. The number of carbonyl (C=O) groups is 1. The van der Waals surface area contributed by atoms with Gasteiger partial charge in [0.2, 0.25) is 0 Å². The number of hydrogen-bond acceptors (Lipinski definition) is 3. The highest BCUT2D eigenvalue weighted by Crippen LogP contribution is 2.41. The molecule has 1 aliphatic carbocycles. The van der Waals surface area contributed by atoms with E-state index in [1.165, 1.54) is 12.8 Å². The van der Waals surface area contributed by atoms with Crippen molar-refractivity contribution in [2.24, 2.45) is 17.8 Å². The smallest absolute Gasteiger partial charge is 0.251 e. The summed E-state index contributed by atoms with van der Waals surface area (Å²) in [6.45, 7) is 6.11. The molecule has 2 fully saturated rings. The first-order valence-electron chi connectivity index (χ1n) is 9.45. The van der Waals surface area contributed by atoms with Gasteiger partial charge in [-0.05, 0) is 50.1 Å². The molecule has 2 aliphatic rings. The molecule has 4 atom stereocenters. The van der Waals surface area contributed by atoms with Gasteiger partial charge in [0.1, 0.15) is 0 Å². The molecule has 1 aromatic carbocycles. The topological polar surface area (TPSA) is 44.4 Å². The molecule has 1 unspecified atom stereocenters. The van der Waals surface area contributed by atoms with Gasteiger partial charge in [-0.2, -0.15) is 0 Å². The van der Waals surface area contributed by atoms with Gasteiger partial charge in [0.25, 0.3) is 5.91 Å². The molecule has 0 bridgehead atoms. The lowest BCUT2D eigenvalue weighted by Gasteiger charge is -2.21. The standard InChI is InChI=1S/C21H31N3O/c1-5-16(17-8-6-7-9-20(17)24(3)4)21(25)23-13-19-18-11-14(2)10-15(18)12-22-19/h5-9,14-15,18-19,22H,10-13H2,1-4H3,(H,23,25)/t14?,15-,18-,19+/m0/s1. The van der Waals surface area contributed by atoms with E-state index in [-0.39, 0.29) is 5.91 Å². The maximum atomic E-state index is 12.8. The molecule has 136 valence electrons. The number of hydrogen-bond donors (Lipinski definition) is 2. The molecule has 1 aromatic rings. The van der Waals surface area contributed by atoms with Crippen LogP contribution in [0.3, 0.4) is 0 Å². The Balaban J connectivity index is 1.66. The number of nitrogens with one attached hydrogen (secondary N) is 2. The Kier molecular flexibility index (Phi) is 5.48. The summed E-state index contributed by atoms with van der Waals surface area (Å²) in [5.41, 5.74) is 2.80. The van der Waals surface area contributed by atoms with Crippen LogP contribution in [-0.2, 0) is 4.79 Å². The number of carbonyl (C=O) groups excluding carboxylic acids is 1. The van der Waals surface area contributed by atoms with Crippen LogP contribution in [0.2, 0.25) is 0 Å². The number of para-hydroxylation sites is 1. The quantitative estimate of drug-likeness (QED) is 0.810. The summed E-state index contributed by atoms with van der Waals surface area (Å²) in [5.74, 6) is 2.37. The number of nitrogens with zero attached hydrogens (tertiary/aromatic N) is 1. The monoisotopic (exact) mass is 341 g/mol. The highest BCUT2D eigenvalue weighted by molar-refractivity contribution is 6.20. The van der Waals surface area contributed by atoms with E-state index >= 15 is 0 Å². The fourth-order valence-electron chi connectivity index (χ4n) is 4.65. The van der Waals surface area contributed by atoms with Crippen LogP contribution in [0.15, 0.2) is 30.3 Å². The van der Waals surface area contributed by atoms with Crippen molar-refractivity contribution in [3.63, 3.8) is 0 Å². The van der Waals surface area contributed by atoms with E-state index in [9.17, 15) is 4.79 Å². The second-order valence-electron chi connectivity index (χ2n) is 7.84. The number of anilines is 1. The van der Waals surface area contributed by atoms with Crippen molar-refractivity contribution in [3.05, 3.63) is 35.9 Å². The van der Waals surface area contributed by atoms with E-state index in [2.05, 4.69) is 28.5 Å². The van der Waals surface area contributed by atoms with Crippen molar-refractivity contribution >= 4 is 17.2 Å². The highest BCUT2D eigenvalue weighted by Gasteiger charge is 2.41. The van der Waals surface area contributed by atoms with E-state index in [1.807, 2.05) is 45.3 Å². The molecule has 25 heavy (non-hydrogen) atoms. The molecular formula is C21H31N3O. The molecule has 1 saturated heterocycles. The van der Waals surface area contributed by atoms with Gasteiger partial charge in [-0.25, -0.2) is 0 Å². The van der Waals surface area contributed by atoms with Gasteiger partial charge < -0.3 is 15.5 Å². The van der Waals surface area contributed by atoms with Gasteiger partial charge in [0, 0.05) is 43.5 Å². The molecule has 1 heterocycles. The summed E-state index contributed by atoms with van der Waals surface area (Å²) in [6.07, 6.45) is 4.54. The summed E-state index contributed by atoms with van der Waals surface area (Å²) in [7, 11) is 4.02. The fourth-order valence-corrected chi connectivity index (χ4v) is 4.65. The average molecular weight is 341 g/mol. The van der Waals surface area contributed by atoms with E-state index in [0.29, 0.717) is 12.6 Å². The lowest BCUT2D eigenvalue weighted by atomic mass is 9.94. The zero-order chi connectivity index (χ0) is 18.0. The minimum atomic E-state index is 0.0214. The number of benzene rings is 1. The lowest BCUT2D eigenvalue weighted by Crippen LogP contribution is -2.40. The molecule has 1 saturated carbocycles. The van der Waals surface area contributed by atoms with E-state index in [1.54, 1.807) is 0 Å². The van der Waals surface area contributed by atoms with Crippen LogP contribution >= 0.6 is 0 Å². The summed E-state index contributed by atoms with van der Waals surface area (Å²) in [5, 5.41) is 6.80. The Morgan fingerprint density at radius 2 is 2.08 bits per heavy atom. The predicted molar refractivity (Wildman–Crippen MR) is 105 cm³/mol. The van der Waals surface area contributed by atoms with Crippen molar-refractivity contribution in [1.82, 2.24) is 10.6 Å². The third kappa shape index (κ3) is 3.74. The van der Waals surface area contributed by atoms with Crippen LogP contribution in [0.4, 0.5) is 5.69 Å². The number of amides is 1. The van der Waals surface area contributed by atoms with Gasteiger partial charge in [-0.1, -0.05) is 31.2 Å². The molecule has 3 rings (SSSR count). The summed E-state index contributed by atoms with van der Waals surface area (Å²) >= 11 is 0. The van der Waals surface area contributed by atoms with Gasteiger partial charge in [0.05, 0.1) is 0 Å². The largest absolute Gasteiger partial charge is 0.377 e. The average Bonchev–Trinajstić information content (AvgIpc) is 3.13. The van der Waals surface area contributed by atoms with Crippen LogP contribution in [0.25, 0.3) is 5.57 Å². The van der Waals surface area contributed by atoms with Crippen molar-refractivity contribution < 1.29 is 4.79 Å². The predicted octanol–water partition coefficient (Wildman–Crippen LogP) is 2.91. The molecule has 2 N–H and O–H groups in total. The molecule has 1 aliphatic heterocycles. The first-order valence-corrected chi connectivity index (χ1v) is 9.45. The Hall–Kier alpha value is -1.81. The molecule has 4 heteroatoms. The minimum absolute atomic E-state index is 0.0214. The first kappa shape index (κ1) is 18.0. The molecule has 1 amide bonds. The maximum absolute atomic E-state index is 12.8. The molecule has 0 aromatic heterocycles. The SMILES string of the molecule is CC=C(C(=O)NC[C@H]1NC[C@@H]2CC(C)C[C@@H]21)c1ccccc1N(C)C. The summed E-state index contributed by atoms with van der Waals surface area (Å²) in [6, 6.07) is 8.49. The first-order chi connectivity index (χ1) is 12.0.